The average molecular weight is 386 g/mol. The van der Waals surface area contributed by atoms with Gasteiger partial charge in [-0.3, -0.25) is 9.59 Å². The molecule has 2 aromatic carbocycles. The lowest BCUT2D eigenvalue weighted by atomic mass is 10.1. The van der Waals surface area contributed by atoms with E-state index in [4.69, 9.17) is 9.47 Å². The van der Waals surface area contributed by atoms with Crippen LogP contribution >= 0.6 is 0 Å². The first-order valence-corrected chi connectivity index (χ1v) is 9.19. The van der Waals surface area contributed by atoms with E-state index in [1.54, 1.807) is 6.07 Å². The molecule has 0 bridgehead atoms. The summed E-state index contributed by atoms with van der Waals surface area (Å²) in [7, 11) is 0. The Morgan fingerprint density at radius 1 is 1.18 bits per heavy atom. The van der Waals surface area contributed by atoms with E-state index in [0.29, 0.717) is 24.5 Å². The van der Waals surface area contributed by atoms with Gasteiger partial charge in [-0.25, -0.2) is 4.39 Å². The number of nitrogens with zero attached hydrogens (tertiary/aromatic N) is 1. The number of esters is 1. The number of amides is 1. The Balaban J connectivity index is 1.50. The summed E-state index contributed by atoms with van der Waals surface area (Å²) in [6, 6.07) is 13.2. The van der Waals surface area contributed by atoms with Crippen LogP contribution < -0.4 is 10.2 Å². The van der Waals surface area contributed by atoms with Crippen molar-refractivity contribution in [1.29, 1.82) is 0 Å². The first-order valence-electron chi connectivity index (χ1n) is 9.19. The van der Waals surface area contributed by atoms with E-state index in [1.165, 1.54) is 25.1 Å². The molecule has 28 heavy (non-hydrogen) atoms. The van der Waals surface area contributed by atoms with Crippen molar-refractivity contribution < 1.29 is 23.5 Å². The van der Waals surface area contributed by atoms with E-state index in [1.807, 2.05) is 24.3 Å². The summed E-state index contributed by atoms with van der Waals surface area (Å²) in [6.07, 6.45) is -1.05. The monoisotopic (exact) mass is 386 g/mol. The van der Waals surface area contributed by atoms with Crippen molar-refractivity contribution in [3.8, 4) is 0 Å². The van der Waals surface area contributed by atoms with Crippen molar-refractivity contribution in [2.45, 2.75) is 19.4 Å². The second kappa shape index (κ2) is 9.32. The molecule has 1 fully saturated rings. The Labute approximate surface area is 163 Å². The Morgan fingerprint density at radius 3 is 2.57 bits per heavy atom. The minimum Gasteiger partial charge on any atom is -0.452 e. The van der Waals surface area contributed by atoms with Gasteiger partial charge in [-0.05, 0) is 48.9 Å². The lowest BCUT2D eigenvalue weighted by Crippen LogP contribution is -2.36. The second-order valence-corrected chi connectivity index (χ2v) is 6.57. The number of rotatable bonds is 6. The lowest BCUT2D eigenvalue weighted by Gasteiger charge is -2.28. The first-order chi connectivity index (χ1) is 13.5. The number of halogens is 1. The van der Waals surface area contributed by atoms with Crippen LogP contribution in [0.15, 0.2) is 48.5 Å². The maximum Gasteiger partial charge on any atom is 0.311 e. The van der Waals surface area contributed by atoms with Crippen LogP contribution in [0.2, 0.25) is 0 Å². The average Bonchev–Trinajstić information content (AvgIpc) is 2.69. The molecule has 3 rings (SSSR count). The predicted molar refractivity (Wildman–Crippen MR) is 104 cm³/mol. The lowest BCUT2D eigenvalue weighted by molar-refractivity contribution is -0.152. The molecular weight excluding hydrogens is 363 g/mol. The number of morpholine rings is 1. The number of ether oxygens (including phenoxy) is 2. The molecule has 1 heterocycles. The molecule has 0 spiro atoms. The van der Waals surface area contributed by atoms with Crippen LogP contribution in [-0.2, 0) is 25.5 Å². The van der Waals surface area contributed by atoms with E-state index in [2.05, 4.69) is 10.2 Å². The number of carbonyl (C=O) groups is 2. The van der Waals surface area contributed by atoms with Gasteiger partial charge in [-0.2, -0.15) is 0 Å². The maximum atomic E-state index is 13.2. The van der Waals surface area contributed by atoms with Gasteiger partial charge in [-0.1, -0.05) is 12.1 Å². The molecule has 1 aliphatic heterocycles. The summed E-state index contributed by atoms with van der Waals surface area (Å²) in [5.41, 5.74) is 2.18. The summed E-state index contributed by atoms with van der Waals surface area (Å²) in [4.78, 5) is 26.5. The molecular formula is C21H23FN2O4. The maximum absolute atomic E-state index is 13.2. The third-order valence-electron chi connectivity index (χ3n) is 4.43. The summed E-state index contributed by atoms with van der Waals surface area (Å²) in [6.45, 7) is 4.59. The fourth-order valence-corrected chi connectivity index (χ4v) is 2.93. The number of carbonyl (C=O) groups excluding carboxylic acids is 2. The molecule has 7 heteroatoms. The number of anilines is 2. The van der Waals surface area contributed by atoms with Gasteiger partial charge in [0.1, 0.15) is 5.82 Å². The molecule has 1 saturated heterocycles. The van der Waals surface area contributed by atoms with E-state index in [9.17, 15) is 14.0 Å². The van der Waals surface area contributed by atoms with Gasteiger partial charge < -0.3 is 19.7 Å². The fraction of sp³-hybridized carbons (Fsp3) is 0.333. The summed E-state index contributed by atoms with van der Waals surface area (Å²) in [5.74, 6) is -1.43. The third kappa shape index (κ3) is 5.53. The highest BCUT2D eigenvalue weighted by Gasteiger charge is 2.18. The van der Waals surface area contributed by atoms with E-state index in [-0.39, 0.29) is 6.42 Å². The molecule has 0 saturated carbocycles. The van der Waals surface area contributed by atoms with Crippen molar-refractivity contribution >= 4 is 23.3 Å². The van der Waals surface area contributed by atoms with Gasteiger partial charge in [-0.15, -0.1) is 0 Å². The molecule has 6 nitrogen and oxygen atoms in total. The van der Waals surface area contributed by atoms with Crippen molar-refractivity contribution in [3.63, 3.8) is 0 Å². The fourth-order valence-electron chi connectivity index (χ4n) is 2.93. The smallest absolute Gasteiger partial charge is 0.311 e. The molecule has 0 unspecified atom stereocenters. The molecule has 0 aromatic heterocycles. The van der Waals surface area contributed by atoms with Crippen molar-refractivity contribution in [1.82, 2.24) is 0 Å². The number of hydrogen-bond acceptors (Lipinski definition) is 5. The number of benzene rings is 2. The predicted octanol–water partition coefficient (Wildman–Crippen LogP) is 2.78. The molecule has 0 aliphatic carbocycles. The van der Waals surface area contributed by atoms with E-state index >= 15 is 0 Å². The second-order valence-electron chi connectivity index (χ2n) is 6.57. The van der Waals surface area contributed by atoms with Gasteiger partial charge in [0.05, 0.1) is 19.6 Å². The zero-order chi connectivity index (χ0) is 19.9. The quantitative estimate of drug-likeness (QED) is 0.774. The molecule has 1 N–H and O–H groups in total. The Kier molecular flexibility index (Phi) is 6.60. The minimum absolute atomic E-state index is 0.0936. The Morgan fingerprint density at radius 2 is 1.89 bits per heavy atom. The van der Waals surface area contributed by atoms with Crippen molar-refractivity contribution in [3.05, 3.63) is 59.9 Å². The standard InChI is InChI=1S/C21H23FN2O4/c1-15(28-20(25)14-16-3-2-4-17(22)13-16)21(26)23-18-5-7-19(8-6-18)24-9-11-27-12-10-24/h2-8,13,15H,9-12,14H2,1H3,(H,23,26)/t15-/m0/s1. The van der Waals surface area contributed by atoms with E-state index < -0.39 is 23.8 Å². The van der Waals surface area contributed by atoms with Crippen molar-refractivity contribution in [2.24, 2.45) is 0 Å². The van der Waals surface area contributed by atoms with Crippen LogP contribution in [0.3, 0.4) is 0 Å². The normalized spacial score (nSPS) is 15.0. The molecule has 148 valence electrons. The third-order valence-corrected chi connectivity index (χ3v) is 4.43. The van der Waals surface area contributed by atoms with Gasteiger partial charge >= 0.3 is 5.97 Å². The first kappa shape index (κ1) is 19.8. The molecule has 1 aliphatic rings. The highest BCUT2D eigenvalue weighted by molar-refractivity contribution is 5.95. The van der Waals surface area contributed by atoms with Gasteiger partial charge in [0.2, 0.25) is 0 Å². The summed E-state index contributed by atoms with van der Waals surface area (Å²) >= 11 is 0. The SMILES string of the molecule is C[C@H](OC(=O)Cc1cccc(F)c1)C(=O)Nc1ccc(N2CCOCC2)cc1. The Bertz CT molecular complexity index is 819. The Hall–Kier alpha value is -2.93. The highest BCUT2D eigenvalue weighted by atomic mass is 19.1. The highest BCUT2D eigenvalue weighted by Crippen LogP contribution is 2.19. The van der Waals surface area contributed by atoms with Crippen LogP contribution in [-0.4, -0.2) is 44.3 Å². The minimum atomic E-state index is -0.958. The van der Waals surface area contributed by atoms with Crippen LogP contribution in [0.1, 0.15) is 12.5 Å². The molecule has 1 atom stereocenters. The summed E-state index contributed by atoms with van der Waals surface area (Å²) < 4.78 is 23.7. The van der Waals surface area contributed by atoms with Gasteiger partial charge in [0, 0.05) is 24.5 Å². The van der Waals surface area contributed by atoms with Crippen molar-refractivity contribution in [2.75, 3.05) is 36.5 Å². The molecule has 2 aromatic rings. The van der Waals surface area contributed by atoms with E-state index in [0.717, 1.165) is 18.8 Å². The molecule has 1 amide bonds. The van der Waals surface area contributed by atoms with Gasteiger partial charge in [0.25, 0.3) is 5.91 Å². The molecule has 0 radical (unpaired) electrons. The van der Waals surface area contributed by atoms with Crippen LogP contribution in [0.4, 0.5) is 15.8 Å². The number of nitrogens with one attached hydrogen (secondary N) is 1. The summed E-state index contributed by atoms with van der Waals surface area (Å²) in [5, 5.41) is 2.73. The number of hydrogen-bond donors (Lipinski definition) is 1. The van der Waals surface area contributed by atoms with Crippen LogP contribution in [0, 0.1) is 5.82 Å². The zero-order valence-corrected chi connectivity index (χ0v) is 15.7. The topological polar surface area (TPSA) is 67.9 Å². The van der Waals surface area contributed by atoms with Gasteiger partial charge in [0.15, 0.2) is 6.10 Å². The zero-order valence-electron chi connectivity index (χ0n) is 15.7. The van der Waals surface area contributed by atoms with Crippen LogP contribution in [0.25, 0.3) is 0 Å². The largest absolute Gasteiger partial charge is 0.452 e. The van der Waals surface area contributed by atoms with Crippen LogP contribution in [0.5, 0.6) is 0 Å².